The van der Waals surface area contributed by atoms with Crippen LogP contribution in [0.5, 0.6) is 0 Å². The molecule has 1 fully saturated rings. The summed E-state index contributed by atoms with van der Waals surface area (Å²) in [4.78, 5) is 7.89. The zero-order valence-corrected chi connectivity index (χ0v) is 9.48. The van der Waals surface area contributed by atoms with Gasteiger partial charge in [0.05, 0.1) is 12.6 Å². The van der Waals surface area contributed by atoms with Gasteiger partial charge in [-0.3, -0.25) is 0 Å². The average Bonchev–Trinajstić information content (AvgIpc) is 2.27. The molecule has 1 aliphatic rings. The van der Waals surface area contributed by atoms with E-state index in [9.17, 15) is 0 Å². The molecule has 0 atom stereocenters. The smallest absolute Gasteiger partial charge is 0.224 e. The van der Waals surface area contributed by atoms with E-state index in [-0.39, 0.29) is 22.4 Å². The van der Waals surface area contributed by atoms with Crippen molar-refractivity contribution >= 4 is 29.2 Å². The molecule has 1 aromatic heterocycles. The van der Waals surface area contributed by atoms with Crippen molar-refractivity contribution in [1.29, 1.82) is 0 Å². The van der Waals surface area contributed by atoms with Crippen molar-refractivity contribution in [2.24, 2.45) is 0 Å². The van der Waals surface area contributed by atoms with Crippen LogP contribution in [0.15, 0.2) is 6.17 Å². The molecular weight excluding hydrogens is 237 g/mol. The number of aromatic nitrogens is 2. The van der Waals surface area contributed by atoms with Crippen LogP contribution in [0.25, 0.3) is 0 Å². The summed E-state index contributed by atoms with van der Waals surface area (Å²) in [6, 6.07) is 0.269. The molecule has 6 heteroatoms. The van der Waals surface area contributed by atoms with Crippen molar-refractivity contribution in [2.45, 2.75) is 18.9 Å². The van der Waals surface area contributed by atoms with Crippen LogP contribution in [0, 0.1) is 0 Å². The van der Waals surface area contributed by atoms with Gasteiger partial charge < -0.3 is 10.1 Å². The standard InChI is InChI=1S/C9H11Cl2N3O/c10-7-5-12-9(14-8(7)11)13-6-1-3-15-4-2-6/h5-6H,1-4H2,(H,12,13,14)/i5D. The molecule has 1 N–H and O–H groups in total. The van der Waals surface area contributed by atoms with Crippen molar-refractivity contribution in [3.05, 3.63) is 16.3 Å². The second kappa shape index (κ2) is 4.96. The molecule has 82 valence electrons. The predicted molar refractivity (Wildman–Crippen MR) is 59.5 cm³/mol. The molecule has 2 rings (SSSR count). The van der Waals surface area contributed by atoms with E-state index in [0.29, 0.717) is 5.95 Å². The fourth-order valence-corrected chi connectivity index (χ4v) is 1.61. The third kappa shape index (κ3) is 2.93. The summed E-state index contributed by atoms with van der Waals surface area (Å²) in [5, 5.41) is 3.31. The molecule has 0 aromatic carbocycles. The van der Waals surface area contributed by atoms with Gasteiger partial charge in [-0.15, -0.1) is 0 Å². The largest absolute Gasteiger partial charge is 0.381 e. The summed E-state index contributed by atoms with van der Waals surface area (Å²) < 4.78 is 12.7. The SMILES string of the molecule is [2H]c1nc(NC2CCOCC2)nc(Cl)c1Cl. The highest BCUT2D eigenvalue weighted by Gasteiger charge is 2.14. The molecular formula is C9H11Cl2N3O. The predicted octanol–water partition coefficient (Wildman–Crippen LogP) is 2.37. The Morgan fingerprint density at radius 2 is 2.20 bits per heavy atom. The van der Waals surface area contributed by atoms with Gasteiger partial charge in [-0.2, -0.15) is 4.98 Å². The topological polar surface area (TPSA) is 47.0 Å². The highest BCUT2D eigenvalue weighted by molar-refractivity contribution is 6.41. The van der Waals surface area contributed by atoms with E-state index >= 15 is 0 Å². The lowest BCUT2D eigenvalue weighted by atomic mass is 10.1. The van der Waals surface area contributed by atoms with Crippen LogP contribution in [0.4, 0.5) is 5.95 Å². The molecule has 0 radical (unpaired) electrons. The molecule has 0 unspecified atom stereocenters. The van der Waals surface area contributed by atoms with Crippen LogP contribution in [-0.4, -0.2) is 29.2 Å². The molecule has 0 amide bonds. The Morgan fingerprint density at radius 3 is 2.87 bits per heavy atom. The Labute approximate surface area is 99.4 Å². The van der Waals surface area contributed by atoms with Gasteiger partial charge in [-0.1, -0.05) is 23.2 Å². The summed E-state index contributed by atoms with van der Waals surface area (Å²) in [5.74, 6) is 0.353. The second-order valence-electron chi connectivity index (χ2n) is 3.29. The number of hydrogen-bond acceptors (Lipinski definition) is 4. The van der Waals surface area contributed by atoms with Gasteiger partial charge in [-0.25, -0.2) is 4.98 Å². The summed E-state index contributed by atoms with van der Waals surface area (Å²) >= 11 is 11.5. The van der Waals surface area contributed by atoms with Crippen LogP contribution >= 0.6 is 23.2 Å². The van der Waals surface area contributed by atoms with Crippen molar-refractivity contribution < 1.29 is 6.11 Å². The maximum atomic E-state index is 7.49. The third-order valence-corrected chi connectivity index (χ3v) is 2.83. The van der Waals surface area contributed by atoms with E-state index in [1.807, 2.05) is 0 Å². The molecule has 2 heterocycles. The van der Waals surface area contributed by atoms with E-state index in [0.717, 1.165) is 26.1 Å². The molecule has 1 saturated heterocycles. The normalized spacial score (nSPS) is 18.7. The van der Waals surface area contributed by atoms with Gasteiger partial charge >= 0.3 is 0 Å². The summed E-state index contributed by atoms with van der Waals surface area (Å²) in [6.45, 7) is 1.46. The maximum Gasteiger partial charge on any atom is 0.224 e. The van der Waals surface area contributed by atoms with Crippen LogP contribution in [-0.2, 0) is 4.74 Å². The van der Waals surface area contributed by atoms with Crippen molar-refractivity contribution in [3.63, 3.8) is 0 Å². The highest BCUT2D eigenvalue weighted by atomic mass is 35.5. The number of halogens is 2. The lowest BCUT2D eigenvalue weighted by Gasteiger charge is -2.22. The molecule has 15 heavy (non-hydrogen) atoms. The highest BCUT2D eigenvalue weighted by Crippen LogP contribution is 2.20. The van der Waals surface area contributed by atoms with E-state index in [4.69, 9.17) is 29.3 Å². The van der Waals surface area contributed by atoms with Gasteiger partial charge in [0.1, 0.15) is 0 Å². The number of nitrogens with one attached hydrogen (secondary N) is 1. The Balaban J connectivity index is 2.09. The lowest BCUT2D eigenvalue weighted by Crippen LogP contribution is -2.28. The first-order valence-electron chi connectivity index (χ1n) is 5.20. The van der Waals surface area contributed by atoms with Crippen LogP contribution in [0.1, 0.15) is 14.2 Å². The minimum atomic E-state index is -0.0590. The lowest BCUT2D eigenvalue weighted by molar-refractivity contribution is 0.0903. The Bertz CT molecular complexity index is 362. The first kappa shape index (κ1) is 9.63. The zero-order chi connectivity index (χ0) is 11.5. The maximum absolute atomic E-state index is 7.49. The summed E-state index contributed by atoms with van der Waals surface area (Å²) in [5.41, 5.74) is 0. The first-order valence-corrected chi connectivity index (χ1v) is 5.46. The fourth-order valence-electron chi connectivity index (χ4n) is 1.40. The molecule has 0 aliphatic carbocycles. The van der Waals surface area contributed by atoms with Crippen molar-refractivity contribution in [2.75, 3.05) is 18.5 Å². The molecule has 1 aromatic rings. The molecule has 4 nitrogen and oxygen atoms in total. The summed E-state index contributed by atoms with van der Waals surface area (Å²) in [6.07, 6.45) is 1.74. The van der Waals surface area contributed by atoms with Crippen molar-refractivity contribution in [3.8, 4) is 0 Å². The molecule has 0 bridgehead atoms. The van der Waals surface area contributed by atoms with Gasteiger partial charge in [-0.05, 0) is 12.8 Å². The fraction of sp³-hybridized carbons (Fsp3) is 0.556. The second-order valence-corrected chi connectivity index (χ2v) is 4.03. The minimum absolute atomic E-state index is 0.0590. The minimum Gasteiger partial charge on any atom is -0.381 e. The van der Waals surface area contributed by atoms with E-state index in [2.05, 4.69) is 15.3 Å². The monoisotopic (exact) mass is 248 g/mol. The van der Waals surface area contributed by atoms with E-state index in [1.165, 1.54) is 0 Å². The first-order chi connectivity index (χ1) is 7.66. The average molecular weight is 249 g/mol. The van der Waals surface area contributed by atoms with Gasteiger partial charge in [0, 0.05) is 19.3 Å². The van der Waals surface area contributed by atoms with Crippen molar-refractivity contribution in [1.82, 2.24) is 9.97 Å². The number of anilines is 1. The number of ether oxygens (including phenoxy) is 1. The third-order valence-electron chi connectivity index (χ3n) is 2.20. The van der Waals surface area contributed by atoms with E-state index < -0.39 is 0 Å². The van der Waals surface area contributed by atoms with Gasteiger partial charge in [0.25, 0.3) is 0 Å². The van der Waals surface area contributed by atoms with E-state index in [1.54, 1.807) is 0 Å². The Hall–Kier alpha value is -0.580. The number of nitrogens with zero attached hydrogens (tertiary/aromatic N) is 2. The van der Waals surface area contributed by atoms with Gasteiger partial charge in [0.15, 0.2) is 5.15 Å². The quantitative estimate of drug-likeness (QED) is 0.817. The number of hydrogen-bond donors (Lipinski definition) is 1. The Kier molecular flexibility index (Phi) is 3.19. The molecule has 0 saturated carbocycles. The van der Waals surface area contributed by atoms with Crippen LogP contribution in [0.2, 0.25) is 10.2 Å². The molecule has 0 spiro atoms. The Morgan fingerprint density at radius 1 is 1.47 bits per heavy atom. The van der Waals surface area contributed by atoms with Crippen LogP contribution < -0.4 is 5.32 Å². The summed E-state index contributed by atoms with van der Waals surface area (Å²) in [7, 11) is 0. The van der Waals surface area contributed by atoms with Crippen LogP contribution in [0.3, 0.4) is 0 Å². The number of rotatable bonds is 2. The molecule has 1 aliphatic heterocycles. The van der Waals surface area contributed by atoms with Gasteiger partial charge in [0.2, 0.25) is 5.95 Å². The zero-order valence-electron chi connectivity index (χ0n) is 8.96.